The monoisotopic (exact) mass is 338 g/mol. The fourth-order valence-electron chi connectivity index (χ4n) is 2.21. The van der Waals surface area contributed by atoms with Crippen LogP contribution in [-0.2, 0) is 20.8 Å². The number of halogens is 1. The van der Waals surface area contributed by atoms with Gasteiger partial charge in [0.15, 0.2) is 0 Å². The number of carbonyl (C=O) groups excluding carboxylic acids is 3. The smallest absolute Gasteiger partial charge is 0.249 e. The zero-order chi connectivity index (χ0) is 14.7. The van der Waals surface area contributed by atoms with Crippen LogP contribution in [0.1, 0.15) is 18.9 Å². The van der Waals surface area contributed by atoms with E-state index in [1.54, 1.807) is 0 Å². The molecule has 106 valence electrons. The summed E-state index contributed by atoms with van der Waals surface area (Å²) >= 11 is 3.33. The van der Waals surface area contributed by atoms with Crippen molar-refractivity contribution >= 4 is 33.7 Å². The van der Waals surface area contributed by atoms with Gasteiger partial charge in [-0.3, -0.25) is 19.7 Å². The Hall–Kier alpha value is -1.69. The van der Waals surface area contributed by atoms with Crippen molar-refractivity contribution in [2.45, 2.75) is 25.8 Å². The van der Waals surface area contributed by atoms with Gasteiger partial charge in [0.1, 0.15) is 12.6 Å². The molecule has 1 aromatic rings. The van der Waals surface area contributed by atoms with E-state index in [1.165, 1.54) is 4.90 Å². The summed E-state index contributed by atoms with van der Waals surface area (Å²) in [6.45, 7) is 1.76. The molecule has 0 radical (unpaired) electrons. The van der Waals surface area contributed by atoms with Crippen molar-refractivity contribution in [2.24, 2.45) is 0 Å². The van der Waals surface area contributed by atoms with Gasteiger partial charge >= 0.3 is 0 Å². The highest BCUT2D eigenvalue weighted by Crippen LogP contribution is 2.14. The minimum Gasteiger partial charge on any atom is -0.321 e. The highest BCUT2D eigenvalue weighted by Gasteiger charge is 2.35. The Morgan fingerprint density at radius 3 is 2.60 bits per heavy atom. The maximum atomic E-state index is 12.3. The first-order valence-electron chi connectivity index (χ1n) is 6.39. The molecule has 6 heteroatoms. The Morgan fingerprint density at radius 2 is 2.00 bits per heavy atom. The van der Waals surface area contributed by atoms with Crippen molar-refractivity contribution in [3.63, 3.8) is 0 Å². The van der Waals surface area contributed by atoms with Crippen LogP contribution < -0.4 is 5.32 Å². The number of benzene rings is 1. The number of nitrogens with one attached hydrogen (secondary N) is 1. The Kier molecular flexibility index (Phi) is 4.54. The first-order valence-corrected chi connectivity index (χ1v) is 7.18. The minimum absolute atomic E-state index is 0.0559. The molecule has 1 aliphatic heterocycles. The summed E-state index contributed by atoms with van der Waals surface area (Å²) in [6, 6.07) is 6.83. The fraction of sp³-hybridized carbons (Fsp3) is 0.357. The molecule has 0 bridgehead atoms. The van der Waals surface area contributed by atoms with Gasteiger partial charge in [0.05, 0.1) is 6.42 Å². The van der Waals surface area contributed by atoms with Crippen LogP contribution in [0.3, 0.4) is 0 Å². The van der Waals surface area contributed by atoms with E-state index in [0.29, 0.717) is 6.42 Å². The van der Waals surface area contributed by atoms with Crippen LogP contribution in [0, 0.1) is 0 Å². The number of piperazine rings is 1. The average molecular weight is 339 g/mol. The average Bonchev–Trinajstić information content (AvgIpc) is 2.40. The van der Waals surface area contributed by atoms with E-state index < -0.39 is 17.9 Å². The lowest BCUT2D eigenvalue weighted by molar-refractivity contribution is -0.149. The van der Waals surface area contributed by atoms with E-state index in [-0.39, 0.29) is 18.9 Å². The third-order valence-electron chi connectivity index (χ3n) is 3.23. The fourth-order valence-corrected chi connectivity index (χ4v) is 2.48. The van der Waals surface area contributed by atoms with Crippen LogP contribution in [-0.4, -0.2) is 35.2 Å². The molecule has 5 nitrogen and oxygen atoms in total. The Labute approximate surface area is 125 Å². The van der Waals surface area contributed by atoms with Crippen molar-refractivity contribution < 1.29 is 14.4 Å². The molecule has 0 saturated carbocycles. The molecule has 1 atom stereocenters. The number of rotatable bonds is 3. The van der Waals surface area contributed by atoms with E-state index in [4.69, 9.17) is 0 Å². The molecular formula is C14H15BrN2O3. The summed E-state index contributed by atoms with van der Waals surface area (Å²) in [6.07, 6.45) is 0.676. The molecular weight excluding hydrogens is 324 g/mol. The van der Waals surface area contributed by atoms with Crippen molar-refractivity contribution in [3.05, 3.63) is 34.3 Å². The quantitative estimate of drug-likeness (QED) is 0.843. The summed E-state index contributed by atoms with van der Waals surface area (Å²) in [5.41, 5.74) is 0.853. The molecule has 1 N–H and O–H groups in total. The largest absolute Gasteiger partial charge is 0.321 e. The highest BCUT2D eigenvalue weighted by molar-refractivity contribution is 9.10. The first kappa shape index (κ1) is 14.7. The molecule has 1 aliphatic rings. The van der Waals surface area contributed by atoms with Crippen molar-refractivity contribution in [2.75, 3.05) is 6.54 Å². The molecule has 3 amide bonds. The maximum Gasteiger partial charge on any atom is 0.249 e. The van der Waals surface area contributed by atoms with Crippen molar-refractivity contribution in [1.29, 1.82) is 0 Å². The summed E-state index contributed by atoms with van der Waals surface area (Å²) in [7, 11) is 0. The van der Waals surface area contributed by atoms with Crippen LogP contribution in [0.2, 0.25) is 0 Å². The second-order valence-corrected chi connectivity index (χ2v) is 5.58. The predicted molar refractivity (Wildman–Crippen MR) is 76.8 cm³/mol. The number of imide groups is 1. The number of amides is 3. The number of hydrogen-bond donors (Lipinski definition) is 1. The van der Waals surface area contributed by atoms with Crippen LogP contribution in [0.4, 0.5) is 0 Å². The maximum absolute atomic E-state index is 12.3. The van der Waals surface area contributed by atoms with E-state index in [1.807, 2.05) is 31.2 Å². The summed E-state index contributed by atoms with van der Waals surface area (Å²) in [5, 5.41) is 2.26. The second kappa shape index (κ2) is 6.17. The third-order valence-corrected chi connectivity index (χ3v) is 3.76. The van der Waals surface area contributed by atoms with Gasteiger partial charge in [-0.2, -0.15) is 0 Å². The Bertz CT molecular complexity index is 542. The van der Waals surface area contributed by atoms with Crippen LogP contribution in [0.25, 0.3) is 0 Å². The van der Waals surface area contributed by atoms with Gasteiger partial charge in [-0.15, -0.1) is 0 Å². The molecule has 0 spiro atoms. The second-order valence-electron chi connectivity index (χ2n) is 4.66. The normalized spacial score (nSPS) is 18.9. The molecule has 0 aromatic heterocycles. The summed E-state index contributed by atoms with van der Waals surface area (Å²) in [5.74, 6) is -1.03. The number of carbonyl (C=O) groups is 3. The Morgan fingerprint density at radius 1 is 1.35 bits per heavy atom. The van der Waals surface area contributed by atoms with E-state index in [2.05, 4.69) is 21.2 Å². The SMILES string of the molecule is CCC1C(=O)NC(=O)CN1C(=O)Cc1ccc(Br)cc1. The van der Waals surface area contributed by atoms with Crippen LogP contribution in [0.15, 0.2) is 28.7 Å². The van der Waals surface area contributed by atoms with Crippen molar-refractivity contribution in [3.8, 4) is 0 Å². The molecule has 0 aliphatic carbocycles. The molecule has 20 heavy (non-hydrogen) atoms. The van der Waals surface area contributed by atoms with Gasteiger partial charge in [-0.05, 0) is 24.1 Å². The van der Waals surface area contributed by atoms with E-state index in [9.17, 15) is 14.4 Å². The van der Waals surface area contributed by atoms with Gasteiger partial charge in [-0.25, -0.2) is 0 Å². The topological polar surface area (TPSA) is 66.5 Å². The lowest BCUT2D eigenvalue weighted by Gasteiger charge is -2.33. The predicted octanol–water partition coefficient (Wildman–Crippen LogP) is 1.26. The lowest BCUT2D eigenvalue weighted by Crippen LogP contribution is -2.59. The third kappa shape index (κ3) is 3.25. The molecule has 1 fully saturated rings. The van der Waals surface area contributed by atoms with Gasteiger partial charge < -0.3 is 4.90 Å². The van der Waals surface area contributed by atoms with Gasteiger partial charge in [-0.1, -0.05) is 35.0 Å². The summed E-state index contributed by atoms with van der Waals surface area (Å²) in [4.78, 5) is 36.8. The number of hydrogen-bond acceptors (Lipinski definition) is 3. The molecule has 1 unspecified atom stereocenters. The molecule has 1 saturated heterocycles. The van der Waals surface area contributed by atoms with Crippen LogP contribution in [0.5, 0.6) is 0 Å². The van der Waals surface area contributed by atoms with Gasteiger partial charge in [0.2, 0.25) is 17.7 Å². The van der Waals surface area contributed by atoms with Gasteiger partial charge in [0, 0.05) is 4.47 Å². The molecule has 1 aromatic carbocycles. The molecule has 2 rings (SSSR count). The first-order chi connectivity index (χ1) is 9.51. The van der Waals surface area contributed by atoms with Crippen molar-refractivity contribution in [1.82, 2.24) is 10.2 Å². The zero-order valence-corrected chi connectivity index (χ0v) is 12.6. The zero-order valence-electron chi connectivity index (χ0n) is 11.1. The number of nitrogens with zero attached hydrogens (tertiary/aromatic N) is 1. The summed E-state index contributed by atoms with van der Waals surface area (Å²) < 4.78 is 0.938. The Balaban J connectivity index is 2.11. The minimum atomic E-state index is -0.560. The van der Waals surface area contributed by atoms with Gasteiger partial charge in [0.25, 0.3) is 0 Å². The lowest BCUT2D eigenvalue weighted by atomic mass is 10.1. The highest BCUT2D eigenvalue weighted by atomic mass is 79.9. The standard InChI is InChI=1S/C14H15BrN2O3/c1-2-11-14(20)16-12(18)8-17(11)13(19)7-9-3-5-10(15)6-4-9/h3-6,11H,2,7-8H2,1H3,(H,16,18,20). The van der Waals surface area contributed by atoms with E-state index in [0.717, 1.165) is 10.0 Å². The molecule has 1 heterocycles. The van der Waals surface area contributed by atoms with E-state index >= 15 is 0 Å². The van der Waals surface area contributed by atoms with Crippen LogP contribution >= 0.6 is 15.9 Å².